The molecule has 0 bridgehead atoms. The van der Waals surface area contributed by atoms with E-state index in [1.165, 1.54) is 14.0 Å². The summed E-state index contributed by atoms with van der Waals surface area (Å²) < 4.78 is 14.7. The largest absolute Gasteiger partial charge is 0.497 e. The van der Waals surface area contributed by atoms with Crippen molar-refractivity contribution < 1.29 is 24.1 Å². The lowest BCUT2D eigenvalue weighted by Crippen LogP contribution is -2.42. The molecule has 0 saturated heterocycles. The van der Waals surface area contributed by atoms with Gasteiger partial charge in [-0.3, -0.25) is 0 Å². The molecule has 0 fully saturated rings. The van der Waals surface area contributed by atoms with Crippen LogP contribution in [0.5, 0.6) is 11.5 Å². The number of esters is 1. The van der Waals surface area contributed by atoms with Gasteiger partial charge in [0, 0.05) is 0 Å². The lowest BCUT2D eigenvalue weighted by Gasteiger charge is -2.20. The van der Waals surface area contributed by atoms with E-state index in [1.807, 2.05) is 0 Å². The minimum Gasteiger partial charge on any atom is -0.497 e. The van der Waals surface area contributed by atoms with Gasteiger partial charge in [0.1, 0.15) is 18.1 Å². The Balaban J connectivity index is 2.57. The molecule has 0 aromatic heterocycles. The summed E-state index contributed by atoms with van der Waals surface area (Å²) in [5.74, 6) is 0.512. The molecule has 1 aromatic rings. The van der Waals surface area contributed by atoms with E-state index in [9.17, 15) is 9.90 Å². The predicted molar refractivity (Wildman–Crippen MR) is 61.1 cm³/mol. The third-order valence-electron chi connectivity index (χ3n) is 2.20. The molecule has 0 aliphatic rings. The van der Waals surface area contributed by atoms with Crippen LogP contribution in [0.25, 0.3) is 0 Å². The smallest absolute Gasteiger partial charge is 0.341 e. The van der Waals surface area contributed by atoms with E-state index in [0.29, 0.717) is 11.5 Å². The van der Waals surface area contributed by atoms with Crippen LogP contribution in [0.3, 0.4) is 0 Å². The molecule has 0 heterocycles. The van der Waals surface area contributed by atoms with Gasteiger partial charge in [0.25, 0.3) is 0 Å². The number of carbonyl (C=O) groups excluding carboxylic acids is 1. The highest BCUT2D eigenvalue weighted by atomic mass is 16.6. The summed E-state index contributed by atoms with van der Waals surface area (Å²) in [5.41, 5.74) is -1.66. The van der Waals surface area contributed by atoms with Gasteiger partial charge in [0.15, 0.2) is 5.60 Å². The topological polar surface area (TPSA) is 65.0 Å². The molecule has 5 heteroatoms. The number of ether oxygens (including phenoxy) is 3. The van der Waals surface area contributed by atoms with Crippen LogP contribution in [-0.2, 0) is 9.53 Å². The summed E-state index contributed by atoms with van der Waals surface area (Å²) in [5, 5.41) is 9.72. The van der Waals surface area contributed by atoms with E-state index in [-0.39, 0.29) is 6.61 Å². The maximum Gasteiger partial charge on any atom is 0.341 e. The van der Waals surface area contributed by atoms with Gasteiger partial charge < -0.3 is 19.3 Å². The number of methoxy groups -OCH3 is 2. The minimum absolute atomic E-state index is 0.175. The van der Waals surface area contributed by atoms with E-state index in [0.717, 1.165) is 0 Å². The van der Waals surface area contributed by atoms with E-state index in [1.54, 1.807) is 31.4 Å². The standard InChI is InChI=1S/C12H16O5/c1-12(14,11(13)16-3)8-17-10-6-4-9(15-2)5-7-10/h4-7,14H,8H2,1-3H3. The van der Waals surface area contributed by atoms with Gasteiger partial charge >= 0.3 is 5.97 Å². The Bertz CT molecular complexity index is 369. The molecule has 1 aromatic carbocycles. The Kier molecular flexibility index (Phi) is 4.34. The molecule has 1 unspecified atom stereocenters. The molecule has 94 valence electrons. The van der Waals surface area contributed by atoms with E-state index in [4.69, 9.17) is 9.47 Å². The average molecular weight is 240 g/mol. The van der Waals surface area contributed by atoms with E-state index >= 15 is 0 Å². The zero-order chi connectivity index (χ0) is 12.9. The third-order valence-corrected chi connectivity index (χ3v) is 2.20. The molecule has 0 spiro atoms. The predicted octanol–water partition coefficient (Wildman–Crippen LogP) is 0.998. The first-order valence-corrected chi connectivity index (χ1v) is 5.07. The summed E-state index contributed by atoms with van der Waals surface area (Å²) in [7, 11) is 2.78. The first kappa shape index (κ1) is 13.3. The van der Waals surface area contributed by atoms with Crippen molar-refractivity contribution in [1.82, 2.24) is 0 Å². The van der Waals surface area contributed by atoms with Gasteiger partial charge in [-0.05, 0) is 31.2 Å². The van der Waals surface area contributed by atoms with E-state index < -0.39 is 11.6 Å². The second kappa shape index (κ2) is 5.54. The van der Waals surface area contributed by atoms with Gasteiger partial charge in [0.2, 0.25) is 0 Å². The van der Waals surface area contributed by atoms with Gasteiger partial charge in [-0.1, -0.05) is 0 Å². The molecule has 1 N–H and O–H groups in total. The summed E-state index contributed by atoms with van der Waals surface area (Å²) in [6, 6.07) is 6.82. The maximum atomic E-state index is 11.2. The number of aliphatic hydroxyl groups is 1. The van der Waals surface area contributed by atoms with Crippen molar-refractivity contribution in [3.05, 3.63) is 24.3 Å². The Morgan fingerprint density at radius 2 is 1.76 bits per heavy atom. The quantitative estimate of drug-likeness (QED) is 0.778. The maximum absolute atomic E-state index is 11.2. The second-order valence-electron chi connectivity index (χ2n) is 3.73. The summed E-state index contributed by atoms with van der Waals surface area (Å²) in [6.45, 7) is 1.16. The highest BCUT2D eigenvalue weighted by Crippen LogP contribution is 2.18. The van der Waals surface area contributed by atoms with Crippen LogP contribution in [0, 0.1) is 0 Å². The van der Waals surface area contributed by atoms with Crippen molar-refractivity contribution in [3.8, 4) is 11.5 Å². The molecular weight excluding hydrogens is 224 g/mol. The summed E-state index contributed by atoms with van der Waals surface area (Å²) >= 11 is 0. The minimum atomic E-state index is -1.66. The summed E-state index contributed by atoms with van der Waals surface area (Å²) in [4.78, 5) is 11.2. The molecule has 1 rings (SSSR count). The van der Waals surface area contributed by atoms with Gasteiger partial charge in [0.05, 0.1) is 14.2 Å². The van der Waals surface area contributed by atoms with Crippen molar-refractivity contribution in [1.29, 1.82) is 0 Å². The first-order chi connectivity index (χ1) is 7.99. The van der Waals surface area contributed by atoms with Crippen LogP contribution in [-0.4, -0.2) is 37.5 Å². The average Bonchev–Trinajstić information content (AvgIpc) is 2.36. The first-order valence-electron chi connectivity index (χ1n) is 5.07. The van der Waals surface area contributed by atoms with Crippen molar-refractivity contribution in [3.63, 3.8) is 0 Å². The molecule has 1 atom stereocenters. The lowest BCUT2D eigenvalue weighted by atomic mass is 10.1. The monoisotopic (exact) mass is 240 g/mol. The Labute approximate surface area is 99.9 Å². The second-order valence-corrected chi connectivity index (χ2v) is 3.73. The van der Waals surface area contributed by atoms with Crippen molar-refractivity contribution in [2.75, 3.05) is 20.8 Å². The van der Waals surface area contributed by atoms with Crippen molar-refractivity contribution in [2.24, 2.45) is 0 Å². The number of hydrogen-bond donors (Lipinski definition) is 1. The molecule has 0 aliphatic carbocycles. The molecule has 0 saturated carbocycles. The Morgan fingerprint density at radius 1 is 1.24 bits per heavy atom. The molecule has 0 amide bonds. The summed E-state index contributed by atoms with van der Waals surface area (Å²) in [6.07, 6.45) is 0. The highest BCUT2D eigenvalue weighted by molar-refractivity contribution is 5.78. The molecular formula is C12H16O5. The lowest BCUT2D eigenvalue weighted by molar-refractivity contribution is -0.163. The van der Waals surface area contributed by atoms with Crippen LogP contribution in [0.1, 0.15) is 6.92 Å². The Morgan fingerprint density at radius 3 is 2.24 bits per heavy atom. The molecule has 0 aliphatic heterocycles. The van der Waals surface area contributed by atoms with Crippen molar-refractivity contribution in [2.45, 2.75) is 12.5 Å². The van der Waals surface area contributed by atoms with Crippen molar-refractivity contribution >= 4 is 5.97 Å². The molecule has 5 nitrogen and oxygen atoms in total. The van der Waals surface area contributed by atoms with Crippen LogP contribution in [0.4, 0.5) is 0 Å². The van der Waals surface area contributed by atoms with E-state index in [2.05, 4.69) is 4.74 Å². The van der Waals surface area contributed by atoms with Gasteiger partial charge in [-0.25, -0.2) is 4.79 Å². The van der Waals surface area contributed by atoms with Crippen LogP contribution < -0.4 is 9.47 Å². The van der Waals surface area contributed by atoms with Crippen LogP contribution >= 0.6 is 0 Å². The fourth-order valence-corrected chi connectivity index (χ4v) is 1.17. The Hall–Kier alpha value is -1.75. The number of hydrogen-bond acceptors (Lipinski definition) is 5. The fourth-order valence-electron chi connectivity index (χ4n) is 1.17. The number of benzene rings is 1. The van der Waals surface area contributed by atoms with Crippen LogP contribution in [0.2, 0.25) is 0 Å². The zero-order valence-electron chi connectivity index (χ0n) is 10.1. The number of carbonyl (C=O) groups is 1. The molecule has 17 heavy (non-hydrogen) atoms. The SMILES string of the molecule is COC(=O)C(C)(O)COc1ccc(OC)cc1. The number of rotatable bonds is 5. The van der Waals surface area contributed by atoms with Gasteiger partial charge in [-0.15, -0.1) is 0 Å². The highest BCUT2D eigenvalue weighted by Gasteiger charge is 2.32. The van der Waals surface area contributed by atoms with Crippen LogP contribution in [0.15, 0.2) is 24.3 Å². The fraction of sp³-hybridized carbons (Fsp3) is 0.417. The third kappa shape index (κ3) is 3.64. The van der Waals surface area contributed by atoms with Gasteiger partial charge in [-0.2, -0.15) is 0 Å². The molecule has 0 radical (unpaired) electrons. The normalized spacial score (nSPS) is 13.6. The zero-order valence-corrected chi connectivity index (χ0v) is 10.1.